The van der Waals surface area contributed by atoms with E-state index >= 15 is 0 Å². The predicted molar refractivity (Wildman–Crippen MR) is 165 cm³/mol. The van der Waals surface area contributed by atoms with Crippen LogP contribution in [0.25, 0.3) is 0 Å². The lowest BCUT2D eigenvalue weighted by atomic mass is 10.1. The third-order valence-corrected chi connectivity index (χ3v) is 16.0. The zero-order valence-electron chi connectivity index (χ0n) is 20.3. The molecule has 0 bridgehead atoms. The zero-order chi connectivity index (χ0) is 24.7. The zero-order valence-corrected chi connectivity index (χ0v) is 23.7. The van der Waals surface area contributed by atoms with E-state index in [4.69, 9.17) is 23.6 Å². The van der Waals surface area contributed by atoms with E-state index < -0.39 is 12.1 Å². The highest BCUT2D eigenvalue weighted by molar-refractivity contribution is 8.25. The molecule has 35 heavy (non-hydrogen) atoms. The van der Waals surface area contributed by atoms with E-state index in [0.717, 1.165) is 12.8 Å². The van der Waals surface area contributed by atoms with Gasteiger partial charge in [-0.15, -0.1) is 0 Å². The summed E-state index contributed by atoms with van der Waals surface area (Å²) in [7, 11) is 0. The molecule has 0 aliphatic carbocycles. The van der Waals surface area contributed by atoms with Gasteiger partial charge in [-0.1, -0.05) is 159 Å². The molecule has 0 fully saturated rings. The minimum atomic E-state index is -2.27. The summed E-state index contributed by atoms with van der Waals surface area (Å²) < 4.78 is 0. The van der Waals surface area contributed by atoms with Crippen molar-refractivity contribution < 1.29 is 0 Å². The molecular weight excluding hydrogens is 498 g/mol. The molecule has 0 saturated carbocycles. The first-order valence-electron chi connectivity index (χ1n) is 12.1. The second-order valence-corrected chi connectivity index (χ2v) is 18.0. The summed E-state index contributed by atoms with van der Waals surface area (Å²) in [6, 6.07) is 38.3. The van der Waals surface area contributed by atoms with Crippen LogP contribution in [-0.4, -0.2) is 0 Å². The lowest BCUT2D eigenvalue weighted by Gasteiger charge is -2.30. The van der Waals surface area contributed by atoms with Crippen LogP contribution in [0.1, 0.15) is 26.7 Å². The fraction of sp³-hybridized carbons (Fsp3) is 0.161. The number of hydrogen-bond donors (Lipinski definition) is 0. The fourth-order valence-corrected chi connectivity index (χ4v) is 13.2. The molecule has 0 saturated heterocycles. The van der Waals surface area contributed by atoms with Crippen molar-refractivity contribution in [1.82, 2.24) is 0 Å². The fourth-order valence-electron chi connectivity index (χ4n) is 4.30. The van der Waals surface area contributed by atoms with E-state index in [9.17, 15) is 0 Å². The Morgan fingerprint density at radius 1 is 0.600 bits per heavy atom. The highest BCUT2D eigenvalue weighted by atomic mass is 32.4. The van der Waals surface area contributed by atoms with Gasteiger partial charge < -0.3 is 0 Å². The lowest BCUT2D eigenvalue weighted by molar-refractivity contribution is 0.592. The first-order valence-corrected chi connectivity index (χ1v) is 17.8. The van der Waals surface area contributed by atoms with Gasteiger partial charge in [0.1, 0.15) is 0 Å². The Bertz CT molecular complexity index is 1260. The summed E-state index contributed by atoms with van der Waals surface area (Å²) in [5.41, 5.74) is 0. The Morgan fingerprint density at radius 2 is 0.943 bits per heavy atom. The molecule has 0 radical (unpaired) electrons. The molecule has 4 heteroatoms. The standard InChI is InChI=1S/C31H32P2S2/c1-26(2)23-24-31(33(35,29-19-11-5-12-20-29)30-21-13-6-14-22-30)25-32(34,27-15-7-3-8-16-27)28-17-9-4-10-18-28/h3-22,25-26H,23-24H2,1-2H3/b31-25-. The molecule has 4 rings (SSSR count). The van der Waals surface area contributed by atoms with Gasteiger partial charge in [0.05, 0.1) is 0 Å². The average molecular weight is 531 g/mol. The first kappa shape index (κ1) is 26.0. The molecule has 0 atom stereocenters. The van der Waals surface area contributed by atoms with E-state index in [2.05, 4.69) is 141 Å². The number of hydrogen-bond acceptors (Lipinski definition) is 2. The van der Waals surface area contributed by atoms with Crippen LogP contribution in [0.5, 0.6) is 0 Å². The maximum atomic E-state index is 6.79. The Balaban J connectivity index is 2.03. The van der Waals surface area contributed by atoms with Crippen LogP contribution in [0.2, 0.25) is 0 Å². The minimum Gasteiger partial charge on any atom is -0.0832 e. The number of allylic oxidation sites excluding steroid dienone is 1. The maximum Gasteiger partial charge on any atom is 0.0341 e. The van der Waals surface area contributed by atoms with Gasteiger partial charge in [0, 0.05) is 12.1 Å². The molecule has 0 heterocycles. The first-order chi connectivity index (χ1) is 16.9. The van der Waals surface area contributed by atoms with Crippen molar-refractivity contribution in [2.24, 2.45) is 5.92 Å². The molecule has 0 unspecified atom stereocenters. The van der Waals surface area contributed by atoms with E-state index in [0.29, 0.717) is 5.92 Å². The highest BCUT2D eigenvalue weighted by Crippen LogP contribution is 2.59. The van der Waals surface area contributed by atoms with Crippen LogP contribution in [0, 0.1) is 5.92 Å². The van der Waals surface area contributed by atoms with Gasteiger partial charge >= 0.3 is 0 Å². The predicted octanol–water partition coefficient (Wildman–Crippen LogP) is 7.53. The molecule has 0 aromatic heterocycles. The van der Waals surface area contributed by atoms with Gasteiger partial charge in [0.25, 0.3) is 0 Å². The number of rotatable bonds is 9. The second kappa shape index (κ2) is 11.8. The summed E-state index contributed by atoms with van der Waals surface area (Å²) in [5.74, 6) is 3.04. The van der Waals surface area contributed by atoms with E-state index in [-0.39, 0.29) is 0 Å². The summed E-state index contributed by atoms with van der Waals surface area (Å²) in [6.07, 6.45) is 2.04. The van der Waals surface area contributed by atoms with Crippen molar-refractivity contribution in [3.8, 4) is 0 Å². The Labute approximate surface area is 221 Å². The van der Waals surface area contributed by atoms with E-state index in [1.54, 1.807) is 0 Å². The summed E-state index contributed by atoms with van der Waals surface area (Å²) in [5, 5.41) is 6.24. The lowest BCUT2D eigenvalue weighted by Crippen LogP contribution is -2.19. The molecule has 178 valence electrons. The molecule has 4 aromatic carbocycles. The average Bonchev–Trinajstić information content (AvgIpc) is 2.92. The molecule has 4 aromatic rings. The molecule has 0 N–H and O–H groups in total. The van der Waals surface area contributed by atoms with Crippen LogP contribution < -0.4 is 21.2 Å². The summed E-state index contributed by atoms with van der Waals surface area (Å²) in [6.45, 7) is 4.58. The minimum absolute atomic E-state index is 0.583. The van der Waals surface area contributed by atoms with Gasteiger partial charge in [-0.05, 0) is 51.1 Å². The third-order valence-electron chi connectivity index (χ3n) is 6.23. The molecule has 0 nitrogen and oxygen atoms in total. The van der Waals surface area contributed by atoms with Crippen molar-refractivity contribution in [2.45, 2.75) is 26.7 Å². The van der Waals surface area contributed by atoms with Crippen molar-refractivity contribution >= 4 is 56.9 Å². The molecule has 0 spiro atoms. The van der Waals surface area contributed by atoms with Crippen molar-refractivity contribution in [3.05, 3.63) is 132 Å². The SMILES string of the molecule is CC(C)CC/C(=C/P(=S)(c1ccccc1)c1ccccc1)P(=S)(c1ccccc1)c1ccccc1. The summed E-state index contributed by atoms with van der Waals surface area (Å²) in [4.78, 5) is 0. The van der Waals surface area contributed by atoms with Gasteiger partial charge in [-0.2, -0.15) is 0 Å². The largest absolute Gasteiger partial charge is 0.0832 e. The van der Waals surface area contributed by atoms with Gasteiger partial charge in [-0.3, -0.25) is 0 Å². The van der Waals surface area contributed by atoms with Crippen molar-refractivity contribution in [2.75, 3.05) is 0 Å². The van der Waals surface area contributed by atoms with E-state index in [1.807, 2.05) is 0 Å². The van der Waals surface area contributed by atoms with Crippen LogP contribution >= 0.6 is 12.1 Å². The van der Waals surface area contributed by atoms with Crippen molar-refractivity contribution in [3.63, 3.8) is 0 Å². The maximum absolute atomic E-state index is 6.79. The Morgan fingerprint density at radius 3 is 1.29 bits per heavy atom. The normalized spacial score (nSPS) is 12.6. The van der Waals surface area contributed by atoms with Gasteiger partial charge in [0.2, 0.25) is 0 Å². The Kier molecular flexibility index (Phi) is 8.74. The monoisotopic (exact) mass is 530 g/mol. The van der Waals surface area contributed by atoms with Crippen LogP contribution in [0.3, 0.4) is 0 Å². The Hall–Kier alpha value is -2.08. The number of benzene rings is 4. The van der Waals surface area contributed by atoms with Gasteiger partial charge in [0.15, 0.2) is 0 Å². The smallest absolute Gasteiger partial charge is 0.0341 e. The molecule has 0 aliphatic heterocycles. The van der Waals surface area contributed by atoms with Crippen molar-refractivity contribution in [1.29, 1.82) is 0 Å². The molecular formula is C31H32P2S2. The van der Waals surface area contributed by atoms with Crippen LogP contribution in [0.4, 0.5) is 0 Å². The van der Waals surface area contributed by atoms with E-state index in [1.165, 1.54) is 26.5 Å². The highest BCUT2D eigenvalue weighted by Gasteiger charge is 2.30. The topological polar surface area (TPSA) is 0 Å². The van der Waals surface area contributed by atoms with Crippen LogP contribution in [-0.2, 0) is 23.6 Å². The quantitative estimate of drug-likeness (QED) is 0.205. The molecule has 0 aliphatic rings. The van der Waals surface area contributed by atoms with Gasteiger partial charge in [-0.25, -0.2) is 0 Å². The van der Waals surface area contributed by atoms with Crippen LogP contribution in [0.15, 0.2) is 132 Å². The molecule has 0 amide bonds. The second-order valence-electron chi connectivity index (χ2n) is 9.16. The third kappa shape index (κ3) is 5.84. The summed E-state index contributed by atoms with van der Waals surface area (Å²) >= 11 is 13.5.